The van der Waals surface area contributed by atoms with Crippen molar-refractivity contribution in [3.05, 3.63) is 23.2 Å². The minimum absolute atomic E-state index is 0.224. The molecule has 0 radical (unpaired) electrons. The van der Waals surface area contributed by atoms with Crippen LogP contribution >= 0.6 is 11.6 Å². The molecule has 1 unspecified atom stereocenters. The van der Waals surface area contributed by atoms with E-state index in [9.17, 15) is 5.11 Å². The predicted molar refractivity (Wildman–Crippen MR) is 54.9 cm³/mol. The Kier molecular flexibility index (Phi) is 3.42. The van der Waals surface area contributed by atoms with E-state index in [4.69, 9.17) is 11.6 Å². The van der Waals surface area contributed by atoms with Crippen LogP contribution < -0.4 is 5.32 Å². The number of nitrogens with one attached hydrogen (secondary N) is 1. The first kappa shape index (κ1) is 11.4. The summed E-state index contributed by atoms with van der Waals surface area (Å²) in [5.41, 5.74) is 0.501. The van der Waals surface area contributed by atoms with E-state index in [0.717, 1.165) is 5.56 Å². The highest BCUT2D eigenvalue weighted by atomic mass is 35.5. The summed E-state index contributed by atoms with van der Waals surface area (Å²) in [7, 11) is 0. The van der Waals surface area contributed by atoms with Crippen molar-refractivity contribution in [3.8, 4) is 0 Å². The summed E-state index contributed by atoms with van der Waals surface area (Å²) in [5, 5.41) is 12.4. The van der Waals surface area contributed by atoms with E-state index < -0.39 is 6.23 Å². The lowest BCUT2D eigenvalue weighted by Gasteiger charge is -2.27. The smallest absolute Gasteiger partial charge is 0.222 e. The van der Waals surface area contributed by atoms with Crippen LogP contribution in [0.3, 0.4) is 0 Å². The van der Waals surface area contributed by atoms with Gasteiger partial charge in [-0.3, -0.25) is 5.32 Å². The number of rotatable bonds is 3. The van der Waals surface area contributed by atoms with Crippen LogP contribution in [0.5, 0.6) is 0 Å². The summed E-state index contributed by atoms with van der Waals surface area (Å²) in [4.78, 5) is 7.77. The molecule has 14 heavy (non-hydrogen) atoms. The fourth-order valence-electron chi connectivity index (χ4n) is 1.24. The van der Waals surface area contributed by atoms with Crippen LogP contribution in [0.15, 0.2) is 12.4 Å². The topological polar surface area (TPSA) is 58.0 Å². The quantitative estimate of drug-likeness (QED) is 0.590. The molecule has 0 saturated carbocycles. The molecule has 0 aliphatic rings. The maximum Gasteiger partial charge on any atom is 0.222 e. The van der Waals surface area contributed by atoms with E-state index in [1.165, 1.54) is 0 Å². The maximum atomic E-state index is 9.23. The van der Waals surface area contributed by atoms with Crippen molar-refractivity contribution >= 4 is 11.6 Å². The zero-order valence-corrected chi connectivity index (χ0v) is 9.21. The first-order valence-corrected chi connectivity index (χ1v) is 4.73. The molecule has 0 amide bonds. The van der Waals surface area contributed by atoms with Crippen LogP contribution in [0.4, 0.5) is 0 Å². The summed E-state index contributed by atoms with van der Waals surface area (Å²) >= 11 is 5.58. The lowest BCUT2D eigenvalue weighted by molar-refractivity contribution is 0.117. The molecule has 0 aromatic carbocycles. The molecule has 1 atom stereocenters. The van der Waals surface area contributed by atoms with Crippen molar-refractivity contribution in [2.75, 3.05) is 0 Å². The van der Waals surface area contributed by atoms with Crippen molar-refractivity contribution in [1.82, 2.24) is 15.3 Å². The number of halogens is 1. The van der Waals surface area contributed by atoms with Crippen LogP contribution in [0.2, 0.25) is 5.28 Å². The van der Waals surface area contributed by atoms with Crippen LogP contribution in [-0.2, 0) is 5.54 Å². The molecule has 0 aliphatic carbocycles. The highest BCUT2D eigenvalue weighted by molar-refractivity contribution is 6.28. The van der Waals surface area contributed by atoms with Gasteiger partial charge in [-0.25, -0.2) is 9.97 Å². The lowest BCUT2D eigenvalue weighted by atomic mass is 9.97. The molecule has 4 nitrogen and oxygen atoms in total. The predicted octanol–water partition coefficient (Wildman–Crippen LogP) is 1.29. The van der Waals surface area contributed by atoms with Gasteiger partial charge in [0.1, 0.15) is 6.23 Å². The number of nitrogens with zero attached hydrogens (tertiary/aromatic N) is 2. The highest BCUT2D eigenvalue weighted by Crippen LogP contribution is 2.19. The second-order valence-corrected chi connectivity index (χ2v) is 4.02. The third-order valence-electron chi connectivity index (χ3n) is 1.91. The summed E-state index contributed by atoms with van der Waals surface area (Å²) < 4.78 is 0. The van der Waals surface area contributed by atoms with Crippen molar-refractivity contribution in [3.63, 3.8) is 0 Å². The Morgan fingerprint density at radius 3 is 2.36 bits per heavy atom. The van der Waals surface area contributed by atoms with Crippen molar-refractivity contribution in [2.24, 2.45) is 0 Å². The fraction of sp³-hybridized carbons (Fsp3) is 0.556. The number of aromatic nitrogens is 2. The van der Waals surface area contributed by atoms with Gasteiger partial charge in [0.15, 0.2) is 0 Å². The Balaban J connectivity index is 2.86. The van der Waals surface area contributed by atoms with E-state index in [0.29, 0.717) is 0 Å². The van der Waals surface area contributed by atoms with Gasteiger partial charge in [0.2, 0.25) is 5.28 Å². The summed E-state index contributed by atoms with van der Waals surface area (Å²) in [6.45, 7) is 5.54. The van der Waals surface area contributed by atoms with Gasteiger partial charge in [-0.05, 0) is 32.4 Å². The Bertz CT molecular complexity index is 297. The third kappa shape index (κ3) is 2.90. The molecule has 0 spiro atoms. The fourth-order valence-corrected chi connectivity index (χ4v) is 1.34. The maximum absolute atomic E-state index is 9.23. The van der Waals surface area contributed by atoms with Gasteiger partial charge in [0, 0.05) is 23.5 Å². The molecule has 5 heteroatoms. The van der Waals surface area contributed by atoms with Gasteiger partial charge in [-0.15, -0.1) is 0 Å². The van der Waals surface area contributed by atoms with Crippen molar-refractivity contribution in [1.29, 1.82) is 0 Å². The van der Waals surface area contributed by atoms with Crippen LogP contribution in [0.1, 0.15) is 26.3 Å². The molecular formula is C9H14ClN3O. The van der Waals surface area contributed by atoms with Gasteiger partial charge >= 0.3 is 0 Å². The van der Waals surface area contributed by atoms with Crippen molar-refractivity contribution in [2.45, 2.75) is 32.5 Å². The Labute approximate surface area is 88.3 Å². The zero-order chi connectivity index (χ0) is 10.8. The average Bonchev–Trinajstić information content (AvgIpc) is 2.02. The van der Waals surface area contributed by atoms with Gasteiger partial charge < -0.3 is 5.11 Å². The average molecular weight is 216 g/mol. The largest absolute Gasteiger partial charge is 0.379 e. The van der Waals surface area contributed by atoms with Crippen LogP contribution in [0.25, 0.3) is 0 Å². The van der Waals surface area contributed by atoms with Gasteiger partial charge in [-0.2, -0.15) is 0 Å². The molecule has 1 heterocycles. The molecular weight excluding hydrogens is 202 g/mol. The minimum Gasteiger partial charge on any atom is -0.379 e. The minimum atomic E-state index is -0.583. The number of hydrogen-bond acceptors (Lipinski definition) is 4. The van der Waals surface area contributed by atoms with E-state index >= 15 is 0 Å². The number of aliphatic hydroxyl groups excluding tert-OH is 1. The molecule has 0 bridgehead atoms. The first-order chi connectivity index (χ1) is 6.42. The van der Waals surface area contributed by atoms with Crippen LogP contribution in [-0.4, -0.2) is 21.3 Å². The monoisotopic (exact) mass is 215 g/mol. The third-order valence-corrected chi connectivity index (χ3v) is 2.11. The van der Waals surface area contributed by atoms with E-state index in [2.05, 4.69) is 15.3 Å². The molecule has 2 N–H and O–H groups in total. The molecule has 0 aliphatic heterocycles. The Morgan fingerprint density at radius 1 is 1.43 bits per heavy atom. The lowest BCUT2D eigenvalue weighted by Crippen LogP contribution is -2.42. The van der Waals surface area contributed by atoms with E-state index in [-0.39, 0.29) is 10.8 Å². The molecule has 1 aromatic rings. The second-order valence-electron chi connectivity index (χ2n) is 3.69. The highest BCUT2D eigenvalue weighted by Gasteiger charge is 2.22. The summed E-state index contributed by atoms with van der Waals surface area (Å²) in [6, 6.07) is 0. The van der Waals surface area contributed by atoms with Gasteiger partial charge in [0.25, 0.3) is 0 Å². The number of aliphatic hydroxyl groups is 1. The second kappa shape index (κ2) is 4.21. The summed E-state index contributed by atoms with van der Waals surface area (Å²) in [5.74, 6) is 0. The Hall–Kier alpha value is -0.710. The SMILES string of the molecule is CC(O)NC(C)(C)c1cnc(Cl)nc1. The number of hydrogen-bond donors (Lipinski definition) is 2. The Morgan fingerprint density at radius 2 is 1.93 bits per heavy atom. The molecule has 1 aromatic heterocycles. The molecule has 0 saturated heterocycles. The standard InChI is InChI=1S/C9H14ClN3O/c1-6(14)13-9(2,3)7-4-11-8(10)12-5-7/h4-6,13-14H,1-3H3. The molecule has 0 fully saturated rings. The normalized spacial score (nSPS) is 14.1. The molecule has 1 rings (SSSR count). The van der Waals surface area contributed by atoms with Gasteiger partial charge in [0.05, 0.1) is 0 Å². The van der Waals surface area contributed by atoms with Crippen LogP contribution in [0, 0.1) is 0 Å². The summed E-state index contributed by atoms with van der Waals surface area (Å²) in [6.07, 6.45) is 2.70. The van der Waals surface area contributed by atoms with E-state index in [1.807, 2.05) is 13.8 Å². The molecule has 78 valence electrons. The van der Waals surface area contributed by atoms with E-state index in [1.54, 1.807) is 19.3 Å². The van der Waals surface area contributed by atoms with Gasteiger partial charge in [-0.1, -0.05) is 0 Å². The first-order valence-electron chi connectivity index (χ1n) is 4.35. The van der Waals surface area contributed by atoms with Crippen molar-refractivity contribution < 1.29 is 5.11 Å². The zero-order valence-electron chi connectivity index (χ0n) is 8.45.